The number of halogens is 2. The largest absolute Gasteiger partial charge is 0.481 e. The maximum atomic E-state index is 13.6. The zero-order valence-corrected chi connectivity index (χ0v) is 21.6. The smallest absolute Gasteiger partial charge is 0.228 e. The number of amides is 1. The number of aliphatic hydroxyl groups is 2. The Morgan fingerprint density at radius 2 is 1.83 bits per heavy atom. The third-order valence-corrected chi connectivity index (χ3v) is 7.78. The zero-order valence-electron chi connectivity index (χ0n) is 19.3. The van der Waals surface area contributed by atoms with E-state index in [1.54, 1.807) is 14.1 Å². The number of benzene rings is 2. The molecule has 35 heavy (non-hydrogen) atoms. The quantitative estimate of drug-likeness (QED) is 0.472. The van der Waals surface area contributed by atoms with Crippen molar-refractivity contribution < 1.29 is 24.5 Å². The normalized spacial score (nSPS) is 28.7. The fourth-order valence-corrected chi connectivity index (χ4v) is 6.12. The number of carbonyl (C=O) groups excluding carboxylic acids is 1. The van der Waals surface area contributed by atoms with Crippen molar-refractivity contribution in [3.8, 4) is 11.6 Å². The van der Waals surface area contributed by atoms with E-state index in [0.29, 0.717) is 5.56 Å². The number of carbonyl (C=O) groups is 1. The van der Waals surface area contributed by atoms with Crippen LogP contribution in [0.3, 0.4) is 0 Å². The highest BCUT2D eigenvalue weighted by Crippen LogP contribution is 2.69. The van der Waals surface area contributed by atoms with Crippen molar-refractivity contribution in [2.24, 2.45) is 5.92 Å². The van der Waals surface area contributed by atoms with Gasteiger partial charge < -0.3 is 24.6 Å². The van der Waals surface area contributed by atoms with Gasteiger partial charge in [0.2, 0.25) is 11.8 Å². The highest BCUT2D eigenvalue weighted by molar-refractivity contribution is 9.10. The van der Waals surface area contributed by atoms with Crippen LogP contribution in [0, 0.1) is 5.92 Å². The predicted molar refractivity (Wildman–Crippen MR) is 134 cm³/mol. The first-order chi connectivity index (χ1) is 16.7. The minimum absolute atomic E-state index is 0.0257. The lowest BCUT2D eigenvalue weighted by atomic mass is 9.70. The van der Waals surface area contributed by atoms with Gasteiger partial charge in [-0.2, -0.15) is 0 Å². The van der Waals surface area contributed by atoms with Gasteiger partial charge in [0.15, 0.2) is 11.2 Å². The van der Waals surface area contributed by atoms with E-state index in [4.69, 9.17) is 21.1 Å². The topological polar surface area (TPSA) is 92.1 Å². The van der Waals surface area contributed by atoms with Crippen LogP contribution in [0.4, 0.5) is 0 Å². The van der Waals surface area contributed by atoms with Crippen LogP contribution in [0.2, 0.25) is 5.15 Å². The van der Waals surface area contributed by atoms with E-state index in [-0.39, 0.29) is 28.3 Å². The van der Waals surface area contributed by atoms with Gasteiger partial charge in [-0.05, 0) is 23.3 Å². The average Bonchev–Trinajstić information content (AvgIpc) is 3.21. The highest BCUT2D eigenvalue weighted by atomic mass is 79.9. The molecular formula is C26H24BrClN2O5. The molecule has 0 radical (unpaired) electrons. The lowest BCUT2D eigenvalue weighted by molar-refractivity contribution is -0.156. The van der Waals surface area contributed by atoms with Crippen LogP contribution in [0.25, 0.3) is 0 Å². The Hall–Kier alpha value is -2.65. The zero-order chi connectivity index (χ0) is 25.1. The summed E-state index contributed by atoms with van der Waals surface area (Å²) in [6.07, 6.45) is -1.55. The molecule has 1 fully saturated rings. The molecule has 9 heteroatoms. The van der Waals surface area contributed by atoms with Gasteiger partial charge in [0.05, 0.1) is 18.6 Å². The number of hydrogen-bond donors (Lipinski definition) is 2. The van der Waals surface area contributed by atoms with Crippen molar-refractivity contribution in [1.29, 1.82) is 0 Å². The van der Waals surface area contributed by atoms with Crippen molar-refractivity contribution in [3.63, 3.8) is 0 Å². The molecule has 1 aliphatic heterocycles. The van der Waals surface area contributed by atoms with E-state index in [0.717, 1.165) is 10.0 Å². The molecule has 2 N–H and O–H groups in total. The van der Waals surface area contributed by atoms with Gasteiger partial charge in [-0.3, -0.25) is 4.79 Å². The molecule has 2 aliphatic rings. The van der Waals surface area contributed by atoms with E-state index in [9.17, 15) is 15.0 Å². The van der Waals surface area contributed by atoms with Crippen LogP contribution >= 0.6 is 27.5 Å². The highest BCUT2D eigenvalue weighted by Gasteiger charge is 2.78. The first-order valence-electron chi connectivity index (χ1n) is 11.0. The van der Waals surface area contributed by atoms with Crippen molar-refractivity contribution in [2.45, 2.75) is 23.2 Å². The van der Waals surface area contributed by atoms with Crippen LogP contribution in [-0.2, 0) is 16.0 Å². The number of ether oxygens (including phenoxy) is 2. The SMILES string of the molecule is COc1nc(Cl)cc2c1[C@]1(O)[C@H](O)[C@H](C(=O)N(C)C)[C@@H](c3ccccc3)[C@]1(c1ccc(Br)cc1)O2. The molecule has 3 aromatic rings. The molecule has 0 saturated heterocycles. The second kappa shape index (κ2) is 8.48. The molecule has 1 aliphatic carbocycles. The summed E-state index contributed by atoms with van der Waals surface area (Å²) in [5, 5.41) is 24.6. The molecule has 0 spiro atoms. The summed E-state index contributed by atoms with van der Waals surface area (Å²) in [5.74, 6) is -1.87. The van der Waals surface area contributed by atoms with Gasteiger partial charge in [0, 0.05) is 30.6 Å². The number of nitrogens with zero attached hydrogens (tertiary/aromatic N) is 2. The lowest BCUT2D eigenvalue weighted by Crippen LogP contribution is -2.52. The summed E-state index contributed by atoms with van der Waals surface area (Å²) in [4.78, 5) is 19.2. The van der Waals surface area contributed by atoms with Crippen LogP contribution in [0.5, 0.6) is 11.6 Å². The molecule has 2 aromatic carbocycles. The fourth-order valence-electron chi connectivity index (χ4n) is 5.68. The van der Waals surface area contributed by atoms with Crippen molar-refractivity contribution >= 4 is 33.4 Å². The summed E-state index contributed by atoms with van der Waals surface area (Å²) in [6, 6.07) is 18.1. The van der Waals surface area contributed by atoms with Crippen LogP contribution < -0.4 is 9.47 Å². The third kappa shape index (κ3) is 3.24. The molecule has 0 bridgehead atoms. The predicted octanol–water partition coefficient (Wildman–Crippen LogP) is 3.84. The van der Waals surface area contributed by atoms with Gasteiger partial charge in [-0.1, -0.05) is 70.0 Å². The minimum Gasteiger partial charge on any atom is -0.481 e. The molecule has 5 rings (SSSR count). The second-order valence-electron chi connectivity index (χ2n) is 9.03. The maximum Gasteiger partial charge on any atom is 0.228 e. The average molecular weight is 560 g/mol. The van der Waals surface area contributed by atoms with Gasteiger partial charge >= 0.3 is 0 Å². The Balaban J connectivity index is 1.90. The Morgan fingerprint density at radius 1 is 1.17 bits per heavy atom. The van der Waals surface area contributed by atoms with Gasteiger partial charge in [0.25, 0.3) is 0 Å². The van der Waals surface area contributed by atoms with Crippen molar-refractivity contribution in [3.05, 3.63) is 87.0 Å². The van der Waals surface area contributed by atoms with E-state index in [1.165, 1.54) is 18.1 Å². The number of pyridine rings is 1. The minimum atomic E-state index is -2.09. The molecule has 182 valence electrons. The number of aromatic nitrogens is 1. The van der Waals surface area contributed by atoms with E-state index in [2.05, 4.69) is 20.9 Å². The Bertz CT molecular complexity index is 1290. The monoisotopic (exact) mass is 558 g/mol. The Kier molecular flexibility index (Phi) is 5.83. The number of rotatable bonds is 4. The first kappa shape index (κ1) is 24.1. The number of hydrogen-bond acceptors (Lipinski definition) is 6. The van der Waals surface area contributed by atoms with Crippen LogP contribution in [0.1, 0.15) is 22.6 Å². The molecule has 5 atom stereocenters. The summed E-state index contributed by atoms with van der Waals surface area (Å²) >= 11 is 9.71. The van der Waals surface area contributed by atoms with Gasteiger partial charge in [-0.25, -0.2) is 4.98 Å². The molecule has 1 saturated carbocycles. The van der Waals surface area contributed by atoms with Crippen LogP contribution in [-0.4, -0.2) is 53.3 Å². The van der Waals surface area contributed by atoms with Crippen molar-refractivity contribution in [1.82, 2.24) is 9.88 Å². The molecule has 7 nitrogen and oxygen atoms in total. The second-order valence-corrected chi connectivity index (χ2v) is 10.3. The molecule has 1 aromatic heterocycles. The van der Waals surface area contributed by atoms with E-state index in [1.807, 2.05) is 54.6 Å². The van der Waals surface area contributed by atoms with Crippen LogP contribution in [0.15, 0.2) is 65.1 Å². The number of fused-ring (bicyclic) bond motifs is 3. The maximum absolute atomic E-state index is 13.6. The number of aliphatic hydroxyl groups excluding tert-OH is 1. The van der Waals surface area contributed by atoms with Gasteiger partial charge in [-0.15, -0.1) is 0 Å². The summed E-state index contributed by atoms with van der Waals surface area (Å²) in [5.41, 5.74) is -2.20. The lowest BCUT2D eigenvalue weighted by Gasteiger charge is -2.40. The molecular weight excluding hydrogens is 536 g/mol. The first-order valence-corrected chi connectivity index (χ1v) is 12.2. The molecule has 0 unspecified atom stereocenters. The summed E-state index contributed by atoms with van der Waals surface area (Å²) < 4.78 is 13.0. The van der Waals surface area contributed by atoms with Gasteiger partial charge in [0.1, 0.15) is 17.0 Å². The third-order valence-electron chi connectivity index (χ3n) is 7.05. The Labute approximate surface area is 216 Å². The molecule has 2 heterocycles. The van der Waals surface area contributed by atoms with E-state index >= 15 is 0 Å². The van der Waals surface area contributed by atoms with Crippen molar-refractivity contribution in [2.75, 3.05) is 21.2 Å². The fraction of sp³-hybridized carbons (Fsp3) is 0.308. The summed E-state index contributed by atoms with van der Waals surface area (Å²) in [6.45, 7) is 0. The summed E-state index contributed by atoms with van der Waals surface area (Å²) in [7, 11) is 4.65. The number of methoxy groups -OCH3 is 1. The van der Waals surface area contributed by atoms with E-state index < -0.39 is 29.1 Å². The standard InChI is InChI=1S/C26H24BrClN2O5/c1-30(2)24(32)19-20(14-7-5-4-6-8-14)26(15-9-11-16(27)12-10-15)25(33,22(19)31)21-17(35-26)13-18(28)29-23(21)34-3/h4-13,19-20,22,31,33H,1-3H3/t19-,20-,22-,25+,26+/m1/s1. The molecule has 1 amide bonds. The Morgan fingerprint density at radius 3 is 2.43 bits per heavy atom.